The van der Waals surface area contributed by atoms with Crippen LogP contribution < -0.4 is 4.74 Å². The number of fused-ring (bicyclic) bond motifs is 2. The molecule has 7 nitrogen and oxygen atoms in total. The lowest BCUT2D eigenvalue weighted by atomic mass is 10.0. The molecular weight excluding hydrogens is 404 g/mol. The van der Waals surface area contributed by atoms with E-state index < -0.39 is 10.0 Å². The van der Waals surface area contributed by atoms with E-state index in [1.165, 1.54) is 0 Å². The van der Waals surface area contributed by atoms with E-state index in [0.717, 1.165) is 19.3 Å². The Balaban J connectivity index is 1.62. The Labute approximate surface area is 179 Å². The Bertz CT molecular complexity index is 866. The molecule has 3 aliphatic heterocycles. The molecule has 166 valence electrons. The molecule has 0 radical (unpaired) electrons. The molecule has 0 bridgehead atoms. The summed E-state index contributed by atoms with van der Waals surface area (Å²) in [5.41, 5.74) is 0. The first-order chi connectivity index (χ1) is 14.4. The molecule has 0 aliphatic carbocycles. The van der Waals surface area contributed by atoms with Crippen LogP contribution in [0.3, 0.4) is 0 Å². The van der Waals surface area contributed by atoms with Crippen LogP contribution in [0.2, 0.25) is 0 Å². The number of benzene rings is 1. The molecule has 4 rings (SSSR count). The van der Waals surface area contributed by atoms with E-state index in [0.29, 0.717) is 50.8 Å². The molecule has 2 saturated heterocycles. The molecule has 1 aromatic rings. The lowest BCUT2D eigenvalue weighted by molar-refractivity contribution is -0.140. The average molecular weight is 437 g/mol. The maximum absolute atomic E-state index is 13.6. The second kappa shape index (κ2) is 8.85. The minimum Gasteiger partial charge on any atom is -0.487 e. The standard InChI is InChI=1S/C22H32N2O5S/c1-16(2)9-14-24-17-10-12-23(22(25)20-7-5-15-28-20)13-11-18(17)29-19-6-3-4-8-21(19)30(24,26)27/h3-4,6,8,16-18,20H,5,7,9-15H2,1-2H3/t17-,18-,20+/m1/s1. The van der Waals surface area contributed by atoms with Gasteiger partial charge in [-0.15, -0.1) is 0 Å². The van der Waals surface area contributed by atoms with E-state index in [9.17, 15) is 13.2 Å². The van der Waals surface area contributed by atoms with Gasteiger partial charge in [0.2, 0.25) is 10.0 Å². The van der Waals surface area contributed by atoms with Crippen molar-refractivity contribution in [2.75, 3.05) is 26.2 Å². The van der Waals surface area contributed by atoms with E-state index in [2.05, 4.69) is 13.8 Å². The lowest BCUT2D eigenvalue weighted by Gasteiger charge is -2.32. The fourth-order valence-electron chi connectivity index (χ4n) is 4.62. The summed E-state index contributed by atoms with van der Waals surface area (Å²) < 4.78 is 40.7. The van der Waals surface area contributed by atoms with Crippen LogP contribution in [-0.4, -0.2) is 68.0 Å². The zero-order valence-electron chi connectivity index (χ0n) is 17.8. The topological polar surface area (TPSA) is 76.2 Å². The van der Waals surface area contributed by atoms with Gasteiger partial charge in [0.15, 0.2) is 0 Å². The molecule has 2 fully saturated rings. The van der Waals surface area contributed by atoms with Gasteiger partial charge in [-0.2, -0.15) is 4.31 Å². The van der Waals surface area contributed by atoms with E-state index in [1.54, 1.807) is 28.6 Å². The van der Waals surface area contributed by atoms with Gasteiger partial charge in [-0.25, -0.2) is 8.42 Å². The van der Waals surface area contributed by atoms with Crippen molar-refractivity contribution < 1.29 is 22.7 Å². The van der Waals surface area contributed by atoms with Crippen LogP contribution >= 0.6 is 0 Å². The van der Waals surface area contributed by atoms with Gasteiger partial charge in [-0.3, -0.25) is 4.79 Å². The number of rotatable bonds is 4. The summed E-state index contributed by atoms with van der Waals surface area (Å²) in [6, 6.07) is 6.62. The Morgan fingerprint density at radius 1 is 1.17 bits per heavy atom. The molecule has 0 saturated carbocycles. The van der Waals surface area contributed by atoms with E-state index in [4.69, 9.17) is 9.47 Å². The quantitative estimate of drug-likeness (QED) is 0.725. The number of likely N-dealkylation sites (tertiary alicyclic amines) is 1. The van der Waals surface area contributed by atoms with Crippen LogP contribution in [0.4, 0.5) is 0 Å². The normalized spacial score (nSPS) is 28.9. The number of sulfonamides is 1. The highest BCUT2D eigenvalue weighted by atomic mass is 32.2. The number of ether oxygens (including phenoxy) is 2. The maximum atomic E-state index is 13.6. The fourth-order valence-corrected chi connectivity index (χ4v) is 6.44. The number of nitrogens with zero attached hydrogens (tertiary/aromatic N) is 2. The van der Waals surface area contributed by atoms with Crippen LogP contribution in [0, 0.1) is 5.92 Å². The van der Waals surface area contributed by atoms with Crippen molar-refractivity contribution in [1.29, 1.82) is 0 Å². The van der Waals surface area contributed by atoms with Crippen molar-refractivity contribution >= 4 is 15.9 Å². The fraction of sp³-hybridized carbons (Fsp3) is 0.682. The molecule has 3 heterocycles. The van der Waals surface area contributed by atoms with Crippen LogP contribution in [0.15, 0.2) is 29.2 Å². The van der Waals surface area contributed by atoms with Crippen LogP contribution in [-0.2, 0) is 19.6 Å². The minimum absolute atomic E-state index is 0.0287. The molecule has 3 atom stereocenters. The average Bonchev–Trinajstić information content (AvgIpc) is 3.15. The highest BCUT2D eigenvalue weighted by molar-refractivity contribution is 7.89. The van der Waals surface area contributed by atoms with Crippen LogP contribution in [0.1, 0.15) is 46.0 Å². The Kier molecular flexibility index (Phi) is 6.36. The van der Waals surface area contributed by atoms with Gasteiger partial charge in [0.05, 0.1) is 6.04 Å². The second-order valence-electron chi connectivity index (χ2n) is 8.87. The summed E-state index contributed by atoms with van der Waals surface area (Å²) in [6.07, 6.45) is 2.99. The van der Waals surface area contributed by atoms with Gasteiger partial charge in [-0.1, -0.05) is 26.0 Å². The molecule has 0 aromatic heterocycles. The van der Waals surface area contributed by atoms with E-state index in [-0.39, 0.29) is 29.1 Å². The number of amides is 1. The molecule has 8 heteroatoms. The molecule has 1 amide bonds. The smallest absolute Gasteiger partial charge is 0.251 e. The van der Waals surface area contributed by atoms with Gasteiger partial charge in [0.25, 0.3) is 5.91 Å². The van der Waals surface area contributed by atoms with Crippen molar-refractivity contribution in [3.8, 4) is 5.75 Å². The van der Waals surface area contributed by atoms with Crippen molar-refractivity contribution in [3.05, 3.63) is 24.3 Å². The molecule has 3 aliphatic rings. The van der Waals surface area contributed by atoms with Crippen molar-refractivity contribution in [2.24, 2.45) is 5.92 Å². The van der Waals surface area contributed by atoms with Gasteiger partial charge < -0.3 is 14.4 Å². The summed E-state index contributed by atoms with van der Waals surface area (Å²) in [7, 11) is -3.67. The van der Waals surface area contributed by atoms with Crippen molar-refractivity contribution in [1.82, 2.24) is 9.21 Å². The summed E-state index contributed by atoms with van der Waals surface area (Å²) in [6.45, 7) is 6.37. The largest absolute Gasteiger partial charge is 0.487 e. The molecule has 30 heavy (non-hydrogen) atoms. The third-order valence-corrected chi connectivity index (χ3v) is 8.30. The van der Waals surface area contributed by atoms with Gasteiger partial charge >= 0.3 is 0 Å². The summed E-state index contributed by atoms with van der Waals surface area (Å²) >= 11 is 0. The Morgan fingerprint density at radius 2 is 1.93 bits per heavy atom. The summed E-state index contributed by atoms with van der Waals surface area (Å²) in [5.74, 6) is 0.834. The zero-order valence-corrected chi connectivity index (χ0v) is 18.6. The molecule has 0 unspecified atom stereocenters. The van der Waals surface area contributed by atoms with Gasteiger partial charge in [0, 0.05) is 32.7 Å². The highest BCUT2D eigenvalue weighted by Gasteiger charge is 2.44. The number of hydrogen-bond acceptors (Lipinski definition) is 5. The lowest BCUT2D eigenvalue weighted by Crippen LogP contribution is -2.47. The van der Waals surface area contributed by atoms with Crippen molar-refractivity contribution in [3.63, 3.8) is 0 Å². The molecule has 1 aromatic carbocycles. The first-order valence-corrected chi connectivity index (χ1v) is 12.5. The Morgan fingerprint density at radius 3 is 2.67 bits per heavy atom. The SMILES string of the molecule is CC(C)CCN1[C@@H]2CCN(C(=O)[C@@H]3CCCO3)CC[C@H]2Oc2ccccc2S1(=O)=O. The van der Waals surface area contributed by atoms with Crippen LogP contribution in [0.25, 0.3) is 0 Å². The van der Waals surface area contributed by atoms with Crippen LogP contribution in [0.5, 0.6) is 5.75 Å². The highest BCUT2D eigenvalue weighted by Crippen LogP contribution is 2.37. The number of para-hydroxylation sites is 1. The molecule has 0 N–H and O–H groups in total. The first-order valence-electron chi connectivity index (χ1n) is 11.1. The van der Waals surface area contributed by atoms with Gasteiger partial charge in [0.1, 0.15) is 22.9 Å². The van der Waals surface area contributed by atoms with Gasteiger partial charge in [-0.05, 0) is 43.7 Å². The Hall–Kier alpha value is -1.64. The first kappa shape index (κ1) is 21.6. The third kappa shape index (κ3) is 4.22. The maximum Gasteiger partial charge on any atom is 0.251 e. The summed E-state index contributed by atoms with van der Waals surface area (Å²) in [4.78, 5) is 15.0. The van der Waals surface area contributed by atoms with E-state index in [1.807, 2.05) is 4.90 Å². The predicted molar refractivity (Wildman–Crippen MR) is 113 cm³/mol. The third-order valence-electron chi connectivity index (χ3n) is 6.34. The van der Waals surface area contributed by atoms with E-state index >= 15 is 0 Å². The zero-order chi connectivity index (χ0) is 21.3. The van der Waals surface area contributed by atoms with Crippen molar-refractivity contribution in [2.45, 2.75) is 69.1 Å². The summed E-state index contributed by atoms with van der Waals surface area (Å²) in [5, 5.41) is 0. The minimum atomic E-state index is -3.67. The molecule has 0 spiro atoms. The predicted octanol–water partition coefficient (Wildman–Crippen LogP) is 2.65. The molecular formula is C22H32N2O5S. The number of carbonyl (C=O) groups is 1. The number of hydrogen-bond donors (Lipinski definition) is 0. The number of carbonyl (C=O) groups excluding carboxylic acids is 1. The monoisotopic (exact) mass is 436 g/mol. The second-order valence-corrected chi connectivity index (χ2v) is 10.7.